The Morgan fingerprint density at radius 2 is 1.60 bits per heavy atom. The van der Waals surface area contributed by atoms with Gasteiger partial charge in [0.2, 0.25) is 0 Å². The van der Waals surface area contributed by atoms with Gasteiger partial charge in [0.25, 0.3) is 0 Å². The Labute approximate surface area is 209 Å². The molecule has 0 bridgehead atoms. The molecule has 176 valence electrons. The van der Waals surface area contributed by atoms with Crippen LogP contribution in [0.15, 0.2) is 108 Å². The summed E-state index contributed by atoms with van der Waals surface area (Å²) in [6.45, 7) is 7.60. The fourth-order valence-corrected chi connectivity index (χ4v) is 5.07. The Bertz CT molecular complexity index is 1380. The maximum Gasteiger partial charge on any atom is 0.0754 e. The quantitative estimate of drug-likeness (QED) is 0.302. The second-order valence-corrected chi connectivity index (χ2v) is 9.87. The molecule has 0 radical (unpaired) electrons. The Hall–Kier alpha value is -3.49. The maximum atomic E-state index is 5.24. The van der Waals surface area contributed by atoms with E-state index in [4.69, 9.17) is 4.98 Å². The van der Waals surface area contributed by atoms with Crippen LogP contribution in [0.5, 0.6) is 0 Å². The van der Waals surface area contributed by atoms with E-state index < -0.39 is 0 Å². The van der Waals surface area contributed by atoms with Gasteiger partial charge in [-0.1, -0.05) is 110 Å². The van der Waals surface area contributed by atoms with Crippen LogP contribution in [-0.2, 0) is 0 Å². The molecule has 0 fully saturated rings. The number of pyridine rings is 1. The molecule has 1 atom stereocenters. The van der Waals surface area contributed by atoms with E-state index in [0.29, 0.717) is 5.92 Å². The van der Waals surface area contributed by atoms with Gasteiger partial charge < -0.3 is 5.32 Å². The lowest BCUT2D eigenvalue weighted by atomic mass is 9.91. The average Bonchev–Trinajstić information content (AvgIpc) is 2.90. The van der Waals surface area contributed by atoms with Gasteiger partial charge in [-0.05, 0) is 59.7 Å². The molecule has 0 saturated heterocycles. The zero-order valence-corrected chi connectivity index (χ0v) is 21.0. The normalized spacial score (nSPS) is 14.6. The fraction of sp³-hybridized carbons (Fsp3) is 0.242. The van der Waals surface area contributed by atoms with Crippen LogP contribution in [0.3, 0.4) is 0 Å². The fourth-order valence-electron chi connectivity index (χ4n) is 5.07. The summed E-state index contributed by atoms with van der Waals surface area (Å²) >= 11 is 0. The first-order chi connectivity index (χ1) is 17.1. The summed E-state index contributed by atoms with van der Waals surface area (Å²) in [5.74, 6) is 0.627. The molecule has 1 unspecified atom stereocenters. The Morgan fingerprint density at radius 3 is 2.37 bits per heavy atom. The lowest BCUT2D eigenvalue weighted by Gasteiger charge is -2.23. The predicted molar refractivity (Wildman–Crippen MR) is 148 cm³/mol. The van der Waals surface area contributed by atoms with Gasteiger partial charge in [0, 0.05) is 12.1 Å². The lowest BCUT2D eigenvalue weighted by Crippen LogP contribution is -2.26. The number of nitrogens with one attached hydrogen (secondary N) is 1. The van der Waals surface area contributed by atoms with Gasteiger partial charge in [-0.2, -0.15) is 0 Å². The number of nitrogens with zero attached hydrogens (tertiary/aromatic N) is 1. The number of benzene rings is 3. The van der Waals surface area contributed by atoms with Crippen LogP contribution >= 0.6 is 0 Å². The Balaban J connectivity index is 1.50. The summed E-state index contributed by atoms with van der Waals surface area (Å²) in [5.41, 5.74) is 8.79. The first-order valence-electron chi connectivity index (χ1n) is 12.7. The van der Waals surface area contributed by atoms with Crippen molar-refractivity contribution in [1.29, 1.82) is 0 Å². The summed E-state index contributed by atoms with van der Waals surface area (Å²) < 4.78 is 0. The van der Waals surface area contributed by atoms with E-state index in [2.05, 4.69) is 123 Å². The highest BCUT2D eigenvalue weighted by Gasteiger charge is 2.18. The molecule has 3 aromatic carbocycles. The van der Waals surface area contributed by atoms with Gasteiger partial charge in [-0.15, -0.1) is 0 Å². The number of rotatable bonds is 7. The SMILES string of the molecule is Cc1ccc2ccccc2c1-c1cccc(C(NCC2=CC=C(C(C)C)CC2)c2ccccc2)n1. The molecule has 1 aliphatic rings. The second kappa shape index (κ2) is 10.4. The highest BCUT2D eigenvalue weighted by Crippen LogP contribution is 2.32. The lowest BCUT2D eigenvalue weighted by molar-refractivity contribution is 0.607. The van der Waals surface area contributed by atoms with Crippen molar-refractivity contribution >= 4 is 10.8 Å². The molecule has 1 aliphatic carbocycles. The number of aromatic nitrogens is 1. The van der Waals surface area contributed by atoms with E-state index in [1.54, 1.807) is 5.57 Å². The highest BCUT2D eigenvalue weighted by atomic mass is 14.9. The highest BCUT2D eigenvalue weighted by molar-refractivity contribution is 5.97. The Morgan fingerprint density at radius 1 is 0.800 bits per heavy atom. The predicted octanol–water partition coefficient (Wildman–Crippen LogP) is 8.19. The third-order valence-corrected chi connectivity index (χ3v) is 7.14. The molecule has 1 N–H and O–H groups in total. The van der Waals surface area contributed by atoms with E-state index in [9.17, 15) is 0 Å². The van der Waals surface area contributed by atoms with Gasteiger partial charge in [-0.25, -0.2) is 0 Å². The molecule has 0 saturated carbocycles. The molecule has 35 heavy (non-hydrogen) atoms. The molecule has 0 spiro atoms. The van der Waals surface area contributed by atoms with Crippen molar-refractivity contribution in [2.24, 2.45) is 5.92 Å². The van der Waals surface area contributed by atoms with Crippen LogP contribution in [0, 0.1) is 12.8 Å². The molecule has 2 nitrogen and oxygen atoms in total. The largest absolute Gasteiger partial charge is 0.301 e. The van der Waals surface area contributed by atoms with Crippen LogP contribution < -0.4 is 5.32 Å². The second-order valence-electron chi connectivity index (χ2n) is 9.87. The minimum absolute atomic E-state index is 0.0304. The molecular formula is C33H34N2. The van der Waals surface area contributed by atoms with Crippen LogP contribution in [0.25, 0.3) is 22.0 Å². The van der Waals surface area contributed by atoms with E-state index >= 15 is 0 Å². The average molecular weight is 459 g/mol. The van der Waals surface area contributed by atoms with Crippen LogP contribution in [0.4, 0.5) is 0 Å². The van der Waals surface area contributed by atoms with E-state index in [-0.39, 0.29) is 6.04 Å². The zero-order valence-electron chi connectivity index (χ0n) is 21.0. The number of fused-ring (bicyclic) bond motifs is 1. The van der Waals surface area contributed by atoms with Crippen molar-refractivity contribution in [2.75, 3.05) is 6.54 Å². The molecular weight excluding hydrogens is 424 g/mol. The molecule has 1 heterocycles. The molecule has 2 heteroatoms. The molecule has 1 aromatic heterocycles. The van der Waals surface area contributed by atoms with E-state index in [1.165, 1.54) is 33.0 Å². The van der Waals surface area contributed by atoms with E-state index in [0.717, 1.165) is 30.8 Å². The van der Waals surface area contributed by atoms with Gasteiger partial charge in [0.15, 0.2) is 0 Å². The van der Waals surface area contributed by atoms with Gasteiger partial charge in [0.1, 0.15) is 0 Å². The topological polar surface area (TPSA) is 24.9 Å². The first kappa shape index (κ1) is 23.3. The number of hydrogen-bond donors (Lipinski definition) is 1. The van der Waals surface area contributed by atoms with Crippen LogP contribution in [0.1, 0.15) is 49.6 Å². The number of hydrogen-bond acceptors (Lipinski definition) is 2. The summed E-state index contributed by atoms with van der Waals surface area (Å²) in [6.07, 6.45) is 6.93. The van der Waals surface area contributed by atoms with Gasteiger partial charge >= 0.3 is 0 Å². The van der Waals surface area contributed by atoms with E-state index in [1.807, 2.05) is 0 Å². The van der Waals surface area contributed by atoms with Crippen molar-refractivity contribution in [3.63, 3.8) is 0 Å². The molecule has 0 aliphatic heterocycles. The van der Waals surface area contributed by atoms with Crippen molar-refractivity contribution in [1.82, 2.24) is 10.3 Å². The molecule has 0 amide bonds. The van der Waals surface area contributed by atoms with Gasteiger partial charge in [0.05, 0.1) is 17.4 Å². The number of aryl methyl sites for hydroxylation is 1. The minimum Gasteiger partial charge on any atom is -0.301 e. The maximum absolute atomic E-state index is 5.24. The first-order valence-corrected chi connectivity index (χ1v) is 12.7. The minimum atomic E-state index is 0.0304. The third-order valence-electron chi connectivity index (χ3n) is 7.14. The van der Waals surface area contributed by atoms with Crippen molar-refractivity contribution < 1.29 is 0 Å². The molecule has 4 aromatic rings. The third kappa shape index (κ3) is 5.13. The van der Waals surface area contributed by atoms with Crippen molar-refractivity contribution in [2.45, 2.75) is 39.7 Å². The van der Waals surface area contributed by atoms with Crippen LogP contribution in [0.2, 0.25) is 0 Å². The monoisotopic (exact) mass is 458 g/mol. The summed E-state index contributed by atoms with van der Waals surface area (Å²) in [7, 11) is 0. The van der Waals surface area contributed by atoms with Crippen molar-refractivity contribution in [3.05, 3.63) is 125 Å². The molecule has 5 rings (SSSR count). The van der Waals surface area contributed by atoms with Gasteiger partial charge in [-0.3, -0.25) is 4.98 Å². The summed E-state index contributed by atoms with van der Waals surface area (Å²) in [5, 5.41) is 6.33. The Kier molecular flexibility index (Phi) is 6.92. The standard InChI is InChI=1S/C33H34N2/c1-23(2)26-20-17-25(18-21-26)22-34-33(28-11-5-4-6-12-28)31-15-9-14-30(35-31)32-24(3)16-19-27-10-7-8-13-29(27)32/h4-17,19-20,23,33-34H,18,21-22H2,1-3H3. The number of allylic oxidation sites excluding steroid dienone is 3. The zero-order chi connectivity index (χ0) is 24.2. The summed E-state index contributed by atoms with van der Waals surface area (Å²) in [6, 6.07) is 30.1. The smallest absolute Gasteiger partial charge is 0.0754 e. The van der Waals surface area contributed by atoms with Crippen molar-refractivity contribution in [3.8, 4) is 11.3 Å². The summed E-state index contributed by atoms with van der Waals surface area (Å²) in [4.78, 5) is 5.24. The van der Waals surface area contributed by atoms with Crippen LogP contribution in [-0.4, -0.2) is 11.5 Å².